The number of benzene rings is 2. The van der Waals surface area contributed by atoms with Gasteiger partial charge in [0, 0.05) is 6.54 Å². The highest BCUT2D eigenvalue weighted by Gasteiger charge is 2.25. The third-order valence-electron chi connectivity index (χ3n) is 3.50. The summed E-state index contributed by atoms with van der Waals surface area (Å²) in [4.78, 5) is 0. The van der Waals surface area contributed by atoms with Crippen LogP contribution in [0.25, 0.3) is 0 Å². The van der Waals surface area contributed by atoms with Gasteiger partial charge in [-0.1, -0.05) is 36.4 Å². The first-order chi connectivity index (χ1) is 9.25. The molecule has 1 unspecified atom stereocenters. The smallest absolute Gasteiger partial charge is 0.108 e. The summed E-state index contributed by atoms with van der Waals surface area (Å²) in [6, 6.07) is 19.2. The Morgan fingerprint density at radius 1 is 1.05 bits per heavy atom. The Morgan fingerprint density at radius 3 is 2.53 bits per heavy atom. The zero-order valence-corrected chi connectivity index (χ0v) is 13.1. The van der Waals surface area contributed by atoms with Crippen LogP contribution in [0.1, 0.15) is 5.56 Å². The van der Waals surface area contributed by atoms with E-state index >= 15 is 0 Å². The number of halogens is 1. The van der Waals surface area contributed by atoms with Gasteiger partial charge in [-0.15, -0.1) is 0 Å². The summed E-state index contributed by atoms with van der Waals surface area (Å²) in [7, 11) is 2.32. The third kappa shape index (κ3) is 2.59. The van der Waals surface area contributed by atoms with Crippen LogP contribution in [-0.2, 0) is 6.42 Å². The first-order valence-corrected chi connectivity index (χ1v) is 7.58. The topological polar surface area (TPSA) is 6.48 Å². The summed E-state index contributed by atoms with van der Waals surface area (Å²) in [6.45, 7) is 1.06. The maximum Gasteiger partial charge on any atom is 0.108 e. The lowest BCUT2D eigenvalue weighted by Crippen LogP contribution is -2.41. The first-order valence-electron chi connectivity index (χ1n) is 6.62. The highest BCUT2D eigenvalue weighted by molar-refractivity contribution is 14.1. The molecule has 0 radical (unpaired) electrons. The number of hydrazine groups is 1. The number of hydrogen-bond acceptors (Lipinski definition) is 2. The molecule has 2 aromatic carbocycles. The van der Waals surface area contributed by atoms with Crippen molar-refractivity contribution in [3.05, 3.63) is 60.2 Å². The summed E-state index contributed by atoms with van der Waals surface area (Å²) >= 11 is 2.39. The van der Waals surface area contributed by atoms with Crippen LogP contribution in [0.4, 0.5) is 11.4 Å². The van der Waals surface area contributed by atoms with Crippen molar-refractivity contribution in [3.63, 3.8) is 0 Å². The molecule has 0 amide bonds. The van der Waals surface area contributed by atoms with E-state index in [4.69, 9.17) is 0 Å². The molecule has 0 aromatic heterocycles. The lowest BCUT2D eigenvalue weighted by Gasteiger charge is -2.40. The highest BCUT2D eigenvalue weighted by Crippen LogP contribution is 2.35. The molecule has 0 saturated carbocycles. The largest absolute Gasteiger partial charge is 0.277 e. The number of rotatable bonds is 2. The van der Waals surface area contributed by atoms with Crippen molar-refractivity contribution in [3.8, 4) is 0 Å². The monoisotopic (exact) mass is 362 g/mol. The van der Waals surface area contributed by atoms with Crippen molar-refractivity contribution in [2.45, 2.75) is 12.2 Å². The summed E-state index contributed by atoms with van der Waals surface area (Å²) < 4.78 is 2.23. The summed E-state index contributed by atoms with van der Waals surface area (Å²) in [6.07, 6.45) is 1.17. The Balaban J connectivity index is 1.97. The van der Waals surface area contributed by atoms with Crippen molar-refractivity contribution in [2.24, 2.45) is 0 Å². The van der Waals surface area contributed by atoms with Gasteiger partial charge in [0.15, 0.2) is 0 Å². The number of nitrogens with zero attached hydrogens (tertiary/aromatic N) is 2. The second-order valence-electron chi connectivity index (χ2n) is 5.12. The van der Waals surface area contributed by atoms with Crippen molar-refractivity contribution in [1.29, 1.82) is 0 Å². The molecule has 4 heteroatoms. The Morgan fingerprint density at radius 2 is 1.74 bits per heavy atom. The van der Waals surface area contributed by atoms with Crippen molar-refractivity contribution in [1.82, 2.24) is 0 Å². The Hall–Kier alpha value is -1.17. The lowest BCUT2D eigenvalue weighted by molar-refractivity contribution is 0.721. The van der Waals surface area contributed by atoms with E-state index in [-0.39, 0.29) is 0 Å². The maximum atomic E-state index is 2.39. The molecular weight excluding hydrogens is 346 g/mol. The highest BCUT2D eigenvalue weighted by atomic mass is 127. The standard InChI is InChI=1S/C15H16BIN2/c16-13-10-12-6-4-5-9-15(12)18(11-13)19(17)14-7-2-1-3-8-14/h1-9,13H,10-11,16H2. The Bertz CT molecular complexity index is 561. The predicted molar refractivity (Wildman–Crippen MR) is 92.7 cm³/mol. The minimum absolute atomic E-state index is 0.677. The molecule has 0 saturated heterocycles. The van der Waals surface area contributed by atoms with Crippen LogP contribution in [0.5, 0.6) is 0 Å². The van der Waals surface area contributed by atoms with Gasteiger partial charge < -0.3 is 0 Å². The van der Waals surface area contributed by atoms with Gasteiger partial charge in [-0.25, -0.2) is 3.22 Å². The summed E-state index contributed by atoms with van der Waals surface area (Å²) in [5, 5.41) is 2.37. The van der Waals surface area contributed by atoms with E-state index in [1.807, 2.05) is 0 Å². The minimum Gasteiger partial charge on any atom is -0.277 e. The van der Waals surface area contributed by atoms with Crippen LogP contribution in [0.2, 0.25) is 5.82 Å². The van der Waals surface area contributed by atoms with Crippen molar-refractivity contribution >= 4 is 42.1 Å². The molecule has 0 spiro atoms. The number of para-hydroxylation sites is 2. The molecule has 0 aliphatic carbocycles. The lowest BCUT2D eigenvalue weighted by atomic mass is 9.79. The van der Waals surface area contributed by atoms with Gasteiger partial charge in [-0.3, -0.25) is 5.01 Å². The van der Waals surface area contributed by atoms with Crippen molar-refractivity contribution in [2.75, 3.05) is 14.8 Å². The van der Waals surface area contributed by atoms with E-state index in [2.05, 4.69) is 93.5 Å². The molecule has 96 valence electrons. The fourth-order valence-corrected chi connectivity index (χ4v) is 3.36. The molecule has 0 bridgehead atoms. The quantitative estimate of drug-likeness (QED) is 0.460. The number of hydrogen-bond donors (Lipinski definition) is 0. The third-order valence-corrected chi connectivity index (χ3v) is 4.58. The van der Waals surface area contributed by atoms with Crippen LogP contribution in [0.15, 0.2) is 54.6 Å². The maximum absolute atomic E-state index is 2.39. The SMILES string of the molecule is BC1Cc2ccccc2N(N(I)c2ccccc2)C1. The fourth-order valence-electron chi connectivity index (χ4n) is 2.63. The van der Waals surface area contributed by atoms with Gasteiger partial charge in [0.2, 0.25) is 0 Å². The molecule has 1 aliphatic heterocycles. The van der Waals surface area contributed by atoms with Crippen LogP contribution < -0.4 is 8.23 Å². The van der Waals surface area contributed by atoms with E-state index in [0.717, 1.165) is 6.54 Å². The minimum atomic E-state index is 0.677. The second kappa shape index (κ2) is 5.45. The first kappa shape index (κ1) is 12.8. The zero-order valence-electron chi connectivity index (χ0n) is 11.0. The van der Waals surface area contributed by atoms with E-state index in [9.17, 15) is 0 Å². The predicted octanol–water partition coefficient (Wildman–Crippen LogP) is 3.24. The van der Waals surface area contributed by atoms with Gasteiger partial charge in [0.1, 0.15) is 7.85 Å². The molecule has 1 aliphatic rings. The molecule has 3 rings (SSSR count). The molecule has 1 atom stereocenters. The van der Waals surface area contributed by atoms with E-state index < -0.39 is 0 Å². The van der Waals surface area contributed by atoms with Crippen LogP contribution >= 0.6 is 22.9 Å². The molecule has 1 heterocycles. The summed E-state index contributed by atoms with van der Waals surface area (Å²) in [5.74, 6) is 0.677. The van der Waals surface area contributed by atoms with E-state index in [1.165, 1.54) is 23.4 Å². The molecule has 0 fully saturated rings. The molecule has 19 heavy (non-hydrogen) atoms. The molecule has 0 N–H and O–H groups in total. The Labute approximate surface area is 129 Å². The van der Waals surface area contributed by atoms with E-state index in [1.54, 1.807) is 0 Å². The van der Waals surface area contributed by atoms with Gasteiger partial charge >= 0.3 is 0 Å². The summed E-state index contributed by atoms with van der Waals surface area (Å²) in [5.41, 5.74) is 3.99. The van der Waals surface area contributed by atoms with E-state index in [0.29, 0.717) is 5.82 Å². The average molecular weight is 362 g/mol. The normalized spacial score (nSPS) is 17.9. The van der Waals surface area contributed by atoms with Crippen LogP contribution in [-0.4, -0.2) is 14.4 Å². The number of anilines is 2. The van der Waals surface area contributed by atoms with Gasteiger partial charge in [-0.2, -0.15) is 0 Å². The van der Waals surface area contributed by atoms with Gasteiger partial charge in [0.25, 0.3) is 0 Å². The molecule has 2 aromatic rings. The zero-order chi connectivity index (χ0) is 13.2. The molecule has 2 nitrogen and oxygen atoms in total. The van der Waals surface area contributed by atoms with Gasteiger partial charge in [0.05, 0.1) is 34.2 Å². The van der Waals surface area contributed by atoms with Crippen LogP contribution in [0, 0.1) is 0 Å². The molecular formula is C15H16BIN2. The van der Waals surface area contributed by atoms with Crippen molar-refractivity contribution < 1.29 is 0 Å². The van der Waals surface area contributed by atoms with Crippen LogP contribution in [0.3, 0.4) is 0 Å². The van der Waals surface area contributed by atoms with Gasteiger partial charge in [-0.05, 0) is 36.0 Å². The number of fused-ring (bicyclic) bond motifs is 1. The Kier molecular flexibility index (Phi) is 3.68. The second-order valence-corrected chi connectivity index (χ2v) is 6.03. The fraction of sp³-hybridized carbons (Fsp3) is 0.200. The average Bonchev–Trinajstić information content (AvgIpc) is 2.46.